The standard InChI is InChI=1S/C32H39Cl2N3O4S/c1-23-11-9-14-25(19-23)22-36(29(31(39)35-32(2,3)4)20-24-12-7-6-8-13-24)30(38)15-10-18-37(42(5,40)41)28-21-26(33)16-17-27(28)34/h6-9,11-14,16-17,19,21,29H,10,15,18,20,22H2,1-5H3,(H,35,39). The number of carbonyl (C=O) groups excluding carboxylic acids is 2. The third kappa shape index (κ3) is 10.0. The molecule has 0 saturated heterocycles. The molecular formula is C32H39Cl2N3O4S. The van der Waals surface area contributed by atoms with Crippen LogP contribution in [0.2, 0.25) is 10.0 Å². The van der Waals surface area contributed by atoms with Crippen molar-refractivity contribution < 1.29 is 18.0 Å². The second-order valence-corrected chi connectivity index (χ2v) is 14.2. The molecule has 0 aromatic heterocycles. The van der Waals surface area contributed by atoms with E-state index in [2.05, 4.69) is 5.32 Å². The van der Waals surface area contributed by atoms with Crippen molar-refractivity contribution >= 4 is 50.7 Å². The summed E-state index contributed by atoms with van der Waals surface area (Å²) in [6.45, 7) is 7.92. The minimum absolute atomic E-state index is 0.0143. The van der Waals surface area contributed by atoms with Gasteiger partial charge >= 0.3 is 0 Å². The monoisotopic (exact) mass is 631 g/mol. The highest BCUT2D eigenvalue weighted by Crippen LogP contribution is 2.31. The van der Waals surface area contributed by atoms with Gasteiger partial charge in [0.2, 0.25) is 21.8 Å². The van der Waals surface area contributed by atoms with Gasteiger partial charge in [0.15, 0.2) is 0 Å². The van der Waals surface area contributed by atoms with Gasteiger partial charge in [-0.1, -0.05) is 83.4 Å². The molecule has 7 nitrogen and oxygen atoms in total. The van der Waals surface area contributed by atoms with Crippen LogP contribution in [0.3, 0.4) is 0 Å². The van der Waals surface area contributed by atoms with Gasteiger partial charge in [0.25, 0.3) is 0 Å². The molecule has 2 amide bonds. The average Bonchev–Trinajstić information content (AvgIpc) is 2.89. The Balaban J connectivity index is 1.92. The fourth-order valence-corrected chi connectivity index (χ4v) is 6.08. The number of rotatable bonds is 12. The molecule has 0 radical (unpaired) electrons. The van der Waals surface area contributed by atoms with Crippen LogP contribution in [0.25, 0.3) is 0 Å². The number of hydrogen-bond donors (Lipinski definition) is 1. The Bertz CT molecular complexity index is 1490. The lowest BCUT2D eigenvalue weighted by Crippen LogP contribution is -2.54. The van der Waals surface area contributed by atoms with E-state index in [-0.39, 0.29) is 48.5 Å². The summed E-state index contributed by atoms with van der Waals surface area (Å²) in [5, 5.41) is 3.63. The number of carbonyl (C=O) groups is 2. The Morgan fingerprint density at radius 3 is 2.21 bits per heavy atom. The van der Waals surface area contributed by atoms with Crippen LogP contribution in [0.4, 0.5) is 5.69 Å². The molecule has 0 saturated carbocycles. The number of nitrogens with one attached hydrogen (secondary N) is 1. The van der Waals surface area contributed by atoms with Crippen molar-refractivity contribution in [2.75, 3.05) is 17.1 Å². The van der Waals surface area contributed by atoms with Crippen molar-refractivity contribution in [2.24, 2.45) is 0 Å². The number of nitrogens with zero attached hydrogens (tertiary/aromatic N) is 2. The minimum atomic E-state index is -3.72. The molecule has 10 heteroatoms. The van der Waals surface area contributed by atoms with Crippen molar-refractivity contribution in [1.29, 1.82) is 0 Å². The topological polar surface area (TPSA) is 86.8 Å². The normalized spacial score (nSPS) is 12.5. The molecule has 3 rings (SSSR count). The highest BCUT2D eigenvalue weighted by molar-refractivity contribution is 7.92. The summed E-state index contributed by atoms with van der Waals surface area (Å²) >= 11 is 12.4. The van der Waals surface area contributed by atoms with Gasteiger partial charge in [-0.25, -0.2) is 8.42 Å². The highest BCUT2D eigenvalue weighted by atomic mass is 35.5. The van der Waals surface area contributed by atoms with Crippen LogP contribution in [-0.2, 0) is 32.6 Å². The van der Waals surface area contributed by atoms with Crippen molar-refractivity contribution in [2.45, 2.75) is 65.1 Å². The van der Waals surface area contributed by atoms with Gasteiger partial charge in [-0.15, -0.1) is 0 Å². The quantitative estimate of drug-likeness (QED) is 0.250. The molecule has 0 aliphatic rings. The van der Waals surface area contributed by atoms with Crippen LogP contribution in [0.15, 0.2) is 72.8 Å². The van der Waals surface area contributed by atoms with Crippen molar-refractivity contribution in [3.63, 3.8) is 0 Å². The number of hydrogen-bond acceptors (Lipinski definition) is 4. The predicted octanol–water partition coefficient (Wildman–Crippen LogP) is 6.40. The zero-order valence-corrected chi connectivity index (χ0v) is 27.1. The lowest BCUT2D eigenvalue weighted by atomic mass is 10.00. The molecule has 1 unspecified atom stereocenters. The highest BCUT2D eigenvalue weighted by Gasteiger charge is 2.32. The van der Waals surface area contributed by atoms with Gasteiger partial charge in [-0.05, 0) is 63.4 Å². The molecule has 0 bridgehead atoms. The van der Waals surface area contributed by atoms with Crippen LogP contribution in [-0.4, -0.2) is 49.5 Å². The van der Waals surface area contributed by atoms with Crippen LogP contribution in [0, 0.1) is 6.92 Å². The van der Waals surface area contributed by atoms with E-state index in [1.807, 2.05) is 82.3 Å². The second-order valence-electron chi connectivity index (χ2n) is 11.5. The molecule has 0 spiro atoms. The number of anilines is 1. The molecule has 3 aromatic carbocycles. The second kappa shape index (κ2) is 14.4. The van der Waals surface area contributed by atoms with Gasteiger partial charge in [-0.3, -0.25) is 13.9 Å². The van der Waals surface area contributed by atoms with E-state index in [9.17, 15) is 18.0 Å². The fraction of sp³-hybridized carbons (Fsp3) is 0.375. The van der Waals surface area contributed by atoms with E-state index in [1.54, 1.807) is 11.0 Å². The van der Waals surface area contributed by atoms with Crippen molar-refractivity contribution in [3.05, 3.63) is 99.5 Å². The van der Waals surface area contributed by atoms with E-state index in [1.165, 1.54) is 12.1 Å². The van der Waals surface area contributed by atoms with Crippen LogP contribution >= 0.6 is 23.2 Å². The summed E-state index contributed by atoms with van der Waals surface area (Å²) < 4.78 is 26.5. The molecule has 0 heterocycles. The maximum absolute atomic E-state index is 14.0. The van der Waals surface area contributed by atoms with Gasteiger partial charge in [0, 0.05) is 36.5 Å². The van der Waals surface area contributed by atoms with Crippen LogP contribution in [0.5, 0.6) is 0 Å². The lowest BCUT2D eigenvalue weighted by molar-refractivity contribution is -0.142. The van der Waals surface area contributed by atoms with E-state index in [4.69, 9.17) is 23.2 Å². The molecule has 0 aliphatic carbocycles. The zero-order valence-electron chi connectivity index (χ0n) is 24.7. The number of amides is 2. The predicted molar refractivity (Wildman–Crippen MR) is 171 cm³/mol. The first-order valence-electron chi connectivity index (χ1n) is 13.8. The molecule has 42 heavy (non-hydrogen) atoms. The largest absolute Gasteiger partial charge is 0.350 e. The Morgan fingerprint density at radius 1 is 0.929 bits per heavy atom. The van der Waals surface area contributed by atoms with Gasteiger partial charge in [0.1, 0.15) is 6.04 Å². The van der Waals surface area contributed by atoms with Gasteiger partial charge in [-0.2, -0.15) is 0 Å². The van der Waals surface area contributed by atoms with E-state index < -0.39 is 21.6 Å². The van der Waals surface area contributed by atoms with Crippen molar-refractivity contribution in [1.82, 2.24) is 10.2 Å². The molecule has 0 fully saturated rings. The number of halogens is 2. The maximum atomic E-state index is 14.0. The first-order valence-corrected chi connectivity index (χ1v) is 16.4. The Morgan fingerprint density at radius 2 is 1.60 bits per heavy atom. The number of benzene rings is 3. The number of sulfonamides is 1. The Labute approximate surface area is 259 Å². The van der Waals surface area contributed by atoms with E-state index >= 15 is 0 Å². The summed E-state index contributed by atoms with van der Waals surface area (Å²) in [6, 6.07) is 21.2. The molecule has 1 N–H and O–H groups in total. The Hall–Kier alpha value is -3.07. The SMILES string of the molecule is Cc1cccc(CN(C(=O)CCCN(c2cc(Cl)ccc2Cl)S(C)(=O)=O)C(Cc2ccccc2)C(=O)NC(C)(C)C)c1. The van der Waals surface area contributed by atoms with E-state index in [0.717, 1.165) is 27.3 Å². The summed E-state index contributed by atoms with van der Waals surface area (Å²) in [5.74, 6) is -0.511. The first-order chi connectivity index (χ1) is 19.6. The first kappa shape index (κ1) is 33.4. The summed E-state index contributed by atoms with van der Waals surface area (Å²) in [7, 11) is -3.72. The van der Waals surface area contributed by atoms with E-state index in [0.29, 0.717) is 11.4 Å². The molecule has 0 aliphatic heterocycles. The lowest BCUT2D eigenvalue weighted by Gasteiger charge is -2.34. The van der Waals surface area contributed by atoms with Gasteiger partial charge in [0.05, 0.1) is 17.0 Å². The molecule has 3 aromatic rings. The Kier molecular flexibility index (Phi) is 11.5. The molecule has 1 atom stereocenters. The zero-order chi connectivity index (χ0) is 31.1. The minimum Gasteiger partial charge on any atom is -0.350 e. The summed E-state index contributed by atoms with van der Waals surface area (Å²) in [5.41, 5.74) is 2.61. The third-order valence-corrected chi connectivity index (χ3v) is 8.27. The smallest absolute Gasteiger partial charge is 0.243 e. The van der Waals surface area contributed by atoms with Crippen LogP contribution in [0.1, 0.15) is 50.3 Å². The fourth-order valence-electron chi connectivity index (χ4n) is 4.67. The van der Waals surface area contributed by atoms with Crippen molar-refractivity contribution in [3.8, 4) is 0 Å². The molecule has 226 valence electrons. The van der Waals surface area contributed by atoms with Crippen LogP contribution < -0.4 is 9.62 Å². The average molecular weight is 633 g/mol. The summed E-state index contributed by atoms with van der Waals surface area (Å²) in [6.07, 6.45) is 1.64. The third-order valence-electron chi connectivity index (χ3n) is 6.53. The van der Waals surface area contributed by atoms with Gasteiger partial charge < -0.3 is 10.2 Å². The number of aryl methyl sites for hydroxylation is 1. The summed E-state index contributed by atoms with van der Waals surface area (Å²) in [4.78, 5) is 29.3. The molecular weight excluding hydrogens is 593 g/mol. The maximum Gasteiger partial charge on any atom is 0.243 e.